The molecule has 0 N–H and O–H groups in total. The molecule has 7 heteroatoms. The minimum Gasteiger partial charge on any atom is -0.383 e. The van der Waals surface area contributed by atoms with Gasteiger partial charge in [-0.05, 0) is 54.1 Å². The van der Waals surface area contributed by atoms with Crippen molar-refractivity contribution in [2.24, 2.45) is 0 Å². The Morgan fingerprint density at radius 3 is 2.76 bits per heavy atom. The van der Waals surface area contributed by atoms with Gasteiger partial charge in [0, 0.05) is 7.11 Å². The molecule has 1 fully saturated rings. The maximum atomic E-state index is 9.27. The van der Waals surface area contributed by atoms with E-state index in [4.69, 9.17) is 4.74 Å². The molecule has 1 aromatic heterocycles. The lowest BCUT2D eigenvalue weighted by Gasteiger charge is -2.30. The number of ether oxygens (including phenoxy) is 1. The first kappa shape index (κ1) is 17.5. The maximum Gasteiger partial charge on any atom is 0.173 e. The Morgan fingerprint density at radius 1 is 1.24 bits per heavy atom. The van der Waals surface area contributed by atoms with Crippen LogP contribution in [0.15, 0.2) is 24.3 Å². The molecule has 1 aliphatic heterocycles. The average Bonchev–Trinajstić information content (AvgIpc) is 2.93. The molecule has 3 rings (SSSR count). The van der Waals surface area contributed by atoms with Crippen molar-refractivity contribution in [3.05, 3.63) is 41.2 Å². The van der Waals surface area contributed by atoms with Crippen LogP contribution in [0.1, 0.15) is 48.7 Å². The Morgan fingerprint density at radius 2 is 2.04 bits per heavy atom. The van der Waals surface area contributed by atoms with Crippen LogP contribution in [0.3, 0.4) is 0 Å². The molecule has 0 unspecified atom stereocenters. The molecule has 7 nitrogen and oxygen atoms in total. The first-order valence-corrected chi connectivity index (χ1v) is 8.82. The maximum absolute atomic E-state index is 9.27. The van der Waals surface area contributed by atoms with E-state index in [0.29, 0.717) is 18.7 Å². The molecule has 0 spiro atoms. The van der Waals surface area contributed by atoms with Crippen molar-refractivity contribution in [1.82, 2.24) is 25.1 Å². The fourth-order valence-corrected chi connectivity index (χ4v) is 3.40. The van der Waals surface area contributed by atoms with E-state index < -0.39 is 0 Å². The molecular weight excluding hydrogens is 316 g/mol. The van der Waals surface area contributed by atoms with Crippen LogP contribution < -0.4 is 0 Å². The highest BCUT2D eigenvalue weighted by Gasteiger charge is 2.28. The van der Waals surface area contributed by atoms with Gasteiger partial charge in [0.25, 0.3) is 0 Å². The predicted molar refractivity (Wildman–Crippen MR) is 92.7 cm³/mol. The van der Waals surface area contributed by atoms with Gasteiger partial charge in [-0.1, -0.05) is 25.0 Å². The van der Waals surface area contributed by atoms with Crippen molar-refractivity contribution < 1.29 is 4.74 Å². The highest BCUT2D eigenvalue weighted by Crippen LogP contribution is 2.29. The number of aromatic nitrogens is 4. The van der Waals surface area contributed by atoms with Crippen LogP contribution in [-0.2, 0) is 11.3 Å². The number of methoxy groups -OCH3 is 1. The lowest BCUT2D eigenvalue weighted by Crippen LogP contribution is -2.33. The number of hydrogen-bond donors (Lipinski definition) is 0. The third-order valence-corrected chi connectivity index (χ3v) is 4.65. The molecule has 132 valence electrons. The van der Waals surface area contributed by atoms with E-state index in [1.807, 2.05) is 22.9 Å². The van der Waals surface area contributed by atoms with Gasteiger partial charge < -0.3 is 4.74 Å². The summed E-state index contributed by atoms with van der Waals surface area (Å²) in [6, 6.07) is 9.96. The number of hydrogen-bond acceptors (Lipinski definition) is 6. The van der Waals surface area contributed by atoms with E-state index in [1.165, 1.54) is 25.7 Å². The van der Waals surface area contributed by atoms with E-state index in [2.05, 4.69) is 32.6 Å². The van der Waals surface area contributed by atoms with Crippen LogP contribution in [0.2, 0.25) is 0 Å². The molecule has 2 heterocycles. The van der Waals surface area contributed by atoms with Gasteiger partial charge in [0.1, 0.15) is 0 Å². The monoisotopic (exact) mass is 340 g/mol. The van der Waals surface area contributed by atoms with Gasteiger partial charge in [-0.3, -0.25) is 4.90 Å². The van der Waals surface area contributed by atoms with Crippen LogP contribution in [0.4, 0.5) is 0 Å². The molecule has 1 aromatic carbocycles. The molecule has 0 radical (unpaired) electrons. The first-order valence-electron chi connectivity index (χ1n) is 8.82. The van der Waals surface area contributed by atoms with Gasteiger partial charge in [-0.25, -0.2) is 4.68 Å². The van der Waals surface area contributed by atoms with Gasteiger partial charge in [0.05, 0.1) is 30.8 Å². The number of tetrazole rings is 1. The molecule has 0 saturated carbocycles. The van der Waals surface area contributed by atoms with Crippen molar-refractivity contribution in [2.45, 2.75) is 38.3 Å². The zero-order chi connectivity index (χ0) is 17.5. The molecule has 0 aliphatic carbocycles. The summed E-state index contributed by atoms with van der Waals surface area (Å²) in [4.78, 5) is 2.44. The smallest absolute Gasteiger partial charge is 0.173 e. The fourth-order valence-electron chi connectivity index (χ4n) is 3.40. The topological polar surface area (TPSA) is 79.9 Å². The predicted octanol–water partition coefficient (Wildman–Crippen LogP) is 2.16. The van der Waals surface area contributed by atoms with Crippen molar-refractivity contribution in [3.8, 4) is 6.07 Å². The Labute approximate surface area is 148 Å². The number of nitrogens with zero attached hydrogens (tertiary/aromatic N) is 6. The van der Waals surface area contributed by atoms with Crippen molar-refractivity contribution in [3.63, 3.8) is 0 Å². The Hall–Kier alpha value is -2.30. The van der Waals surface area contributed by atoms with Crippen molar-refractivity contribution in [2.75, 3.05) is 26.8 Å². The van der Waals surface area contributed by atoms with E-state index in [9.17, 15) is 5.26 Å². The quantitative estimate of drug-likeness (QED) is 0.802. The minimum absolute atomic E-state index is 0.0433. The molecule has 25 heavy (non-hydrogen) atoms. The van der Waals surface area contributed by atoms with Crippen LogP contribution in [0.5, 0.6) is 0 Å². The third kappa shape index (κ3) is 4.21. The Bertz CT molecular complexity index is 714. The first-order chi connectivity index (χ1) is 12.3. The van der Waals surface area contributed by atoms with E-state index in [1.54, 1.807) is 7.11 Å². The molecule has 0 amide bonds. The third-order valence-electron chi connectivity index (χ3n) is 4.65. The zero-order valence-corrected chi connectivity index (χ0v) is 14.6. The van der Waals surface area contributed by atoms with Crippen LogP contribution in [0, 0.1) is 11.3 Å². The lowest BCUT2D eigenvalue weighted by molar-refractivity contribution is 0.175. The number of rotatable bonds is 6. The standard InChI is InChI=1S/C18H24N6O/c1-25-12-11-24-18(20-21-22-24)17(23-9-4-2-3-5-10-23)16-8-6-7-15(13-16)14-19/h6-8,13,17H,2-5,9-12H2,1H3/t17-/m1/s1. The van der Waals surface area contributed by atoms with Crippen molar-refractivity contribution in [1.29, 1.82) is 5.26 Å². The molecule has 1 saturated heterocycles. The largest absolute Gasteiger partial charge is 0.383 e. The van der Waals surface area contributed by atoms with Gasteiger partial charge >= 0.3 is 0 Å². The summed E-state index contributed by atoms with van der Waals surface area (Å²) < 4.78 is 7.00. The van der Waals surface area contributed by atoms with Crippen LogP contribution in [-0.4, -0.2) is 51.9 Å². The highest BCUT2D eigenvalue weighted by atomic mass is 16.5. The second kappa shape index (κ2) is 8.70. The summed E-state index contributed by atoms with van der Waals surface area (Å²) in [5.41, 5.74) is 1.72. The number of benzene rings is 1. The van der Waals surface area contributed by atoms with Crippen LogP contribution in [0.25, 0.3) is 0 Å². The second-order valence-electron chi connectivity index (χ2n) is 6.34. The summed E-state index contributed by atoms with van der Waals surface area (Å²) in [6.45, 7) is 3.20. The summed E-state index contributed by atoms with van der Waals surface area (Å²) in [5.74, 6) is 0.814. The van der Waals surface area contributed by atoms with E-state index >= 15 is 0 Å². The Balaban J connectivity index is 1.99. The summed E-state index contributed by atoms with van der Waals surface area (Å²) in [7, 11) is 1.67. The summed E-state index contributed by atoms with van der Waals surface area (Å²) in [6.07, 6.45) is 4.87. The second-order valence-corrected chi connectivity index (χ2v) is 6.34. The summed E-state index contributed by atoms with van der Waals surface area (Å²) in [5, 5.41) is 21.6. The van der Waals surface area contributed by atoms with E-state index in [-0.39, 0.29) is 6.04 Å². The van der Waals surface area contributed by atoms with Crippen LogP contribution >= 0.6 is 0 Å². The SMILES string of the molecule is COCCn1nnnc1[C@@H](c1cccc(C#N)c1)N1CCCCCC1. The summed E-state index contributed by atoms with van der Waals surface area (Å²) >= 11 is 0. The highest BCUT2D eigenvalue weighted by molar-refractivity contribution is 5.36. The molecule has 1 atom stereocenters. The van der Waals surface area contributed by atoms with Crippen molar-refractivity contribution >= 4 is 0 Å². The number of likely N-dealkylation sites (tertiary alicyclic amines) is 1. The van der Waals surface area contributed by atoms with Gasteiger partial charge in [0.15, 0.2) is 5.82 Å². The molecule has 1 aliphatic rings. The van der Waals surface area contributed by atoms with Gasteiger partial charge in [-0.15, -0.1) is 5.10 Å². The Kier molecular flexibility index (Phi) is 6.09. The minimum atomic E-state index is -0.0433. The molecular formula is C18H24N6O. The molecule has 2 aromatic rings. The molecule has 0 bridgehead atoms. The van der Waals surface area contributed by atoms with E-state index in [0.717, 1.165) is 24.5 Å². The fraction of sp³-hybridized carbons (Fsp3) is 0.556. The van der Waals surface area contributed by atoms with Gasteiger partial charge in [-0.2, -0.15) is 5.26 Å². The zero-order valence-electron chi connectivity index (χ0n) is 14.6. The number of nitriles is 1. The average molecular weight is 340 g/mol. The normalized spacial score (nSPS) is 17.0. The lowest BCUT2D eigenvalue weighted by atomic mass is 10.0. The van der Waals surface area contributed by atoms with Gasteiger partial charge in [0.2, 0.25) is 0 Å².